The second-order valence-corrected chi connectivity index (χ2v) is 14.4. The van der Waals surface area contributed by atoms with Gasteiger partial charge in [0.25, 0.3) is 0 Å². The third kappa shape index (κ3) is 6.35. The first-order valence-electron chi connectivity index (χ1n) is 14.4. The topological polar surface area (TPSA) is 128 Å². The smallest absolute Gasteiger partial charge is 0.225 e. The Balaban J connectivity index is 1.45. The van der Waals surface area contributed by atoms with Crippen molar-refractivity contribution in [3.63, 3.8) is 0 Å². The van der Waals surface area contributed by atoms with Gasteiger partial charge in [0.2, 0.25) is 15.9 Å². The average molecular weight is 672 g/mol. The molecule has 3 N–H and O–H groups in total. The predicted molar refractivity (Wildman–Crippen MR) is 175 cm³/mol. The lowest BCUT2D eigenvalue weighted by atomic mass is 10.1. The van der Waals surface area contributed by atoms with Crippen molar-refractivity contribution in [1.29, 1.82) is 0 Å². The zero-order valence-corrected chi connectivity index (χ0v) is 27.9. The Morgan fingerprint density at radius 2 is 2.00 bits per heavy atom. The first-order chi connectivity index (χ1) is 20.4. The molecule has 1 aromatic carbocycles. The molecule has 1 saturated heterocycles. The monoisotopic (exact) mass is 670 g/mol. The molecule has 0 aliphatic carbocycles. The number of aromatic amines is 1. The lowest BCUT2D eigenvalue weighted by molar-refractivity contribution is -0.116. The molecule has 3 aromatic heterocycles. The highest BCUT2D eigenvalue weighted by Gasteiger charge is 2.31. The molecule has 0 bridgehead atoms. The number of H-pyrrole nitrogens is 1. The van der Waals surface area contributed by atoms with Gasteiger partial charge in [-0.1, -0.05) is 6.07 Å². The van der Waals surface area contributed by atoms with Crippen molar-refractivity contribution >= 4 is 54.4 Å². The molecule has 230 valence electrons. The summed E-state index contributed by atoms with van der Waals surface area (Å²) in [5.74, 6) is 0.772. The minimum atomic E-state index is -3.23. The molecule has 1 atom stereocenters. The number of benzene rings is 1. The van der Waals surface area contributed by atoms with Crippen molar-refractivity contribution in [3.05, 3.63) is 51.9 Å². The number of hydrogen-bond acceptors (Lipinski definition) is 7. The molecule has 1 aliphatic rings. The van der Waals surface area contributed by atoms with E-state index in [4.69, 9.17) is 4.98 Å². The molecule has 43 heavy (non-hydrogen) atoms. The molecule has 0 spiro atoms. The molecule has 4 heterocycles. The van der Waals surface area contributed by atoms with E-state index in [9.17, 15) is 13.2 Å². The van der Waals surface area contributed by atoms with Crippen LogP contribution in [-0.4, -0.2) is 88.6 Å². The van der Waals surface area contributed by atoms with Gasteiger partial charge in [-0.3, -0.25) is 4.79 Å². The third-order valence-corrected chi connectivity index (χ3v) is 10.5. The number of imidazole rings is 1. The van der Waals surface area contributed by atoms with Crippen LogP contribution in [0.25, 0.3) is 28.2 Å². The van der Waals surface area contributed by atoms with Gasteiger partial charge < -0.3 is 25.1 Å². The number of rotatable bonds is 10. The SMILES string of the molecule is CCS(=O)(=O)N1CC[C@H](Nc2c(Br)cnc3nc(-c4cc(C)n(-c5cccc(NC(=O)CCN(C)C)c5C)c4C)[nH]c23)C1. The van der Waals surface area contributed by atoms with Crippen molar-refractivity contribution in [2.24, 2.45) is 0 Å². The Labute approximate surface area is 261 Å². The normalized spacial score (nSPS) is 16.0. The molecular weight excluding hydrogens is 632 g/mol. The van der Waals surface area contributed by atoms with Gasteiger partial charge in [0.05, 0.1) is 21.6 Å². The number of pyridine rings is 1. The molecule has 5 rings (SSSR count). The van der Waals surface area contributed by atoms with Crippen LogP contribution in [0.2, 0.25) is 0 Å². The quantitative estimate of drug-likeness (QED) is 0.221. The maximum absolute atomic E-state index is 12.6. The molecule has 11 nitrogen and oxygen atoms in total. The Bertz CT molecular complexity index is 1780. The van der Waals surface area contributed by atoms with Crippen molar-refractivity contribution in [2.75, 3.05) is 50.1 Å². The lowest BCUT2D eigenvalue weighted by Gasteiger charge is -2.17. The number of hydrogen-bond donors (Lipinski definition) is 3. The van der Waals surface area contributed by atoms with E-state index < -0.39 is 10.0 Å². The van der Waals surface area contributed by atoms with E-state index in [2.05, 4.69) is 67.1 Å². The second-order valence-electron chi connectivity index (χ2n) is 11.3. The van der Waals surface area contributed by atoms with Gasteiger partial charge in [-0.25, -0.2) is 18.4 Å². The number of amides is 1. The fraction of sp³-hybridized carbons (Fsp3) is 0.433. The van der Waals surface area contributed by atoms with Crippen molar-refractivity contribution in [1.82, 2.24) is 28.7 Å². The predicted octanol–water partition coefficient (Wildman–Crippen LogP) is 4.83. The van der Waals surface area contributed by atoms with Crippen molar-refractivity contribution < 1.29 is 13.2 Å². The molecule has 13 heteroatoms. The van der Waals surface area contributed by atoms with Gasteiger partial charge in [0.1, 0.15) is 11.3 Å². The summed E-state index contributed by atoms with van der Waals surface area (Å²) in [5.41, 5.74) is 7.87. The Morgan fingerprint density at radius 1 is 1.23 bits per heavy atom. The van der Waals surface area contributed by atoms with E-state index in [-0.39, 0.29) is 17.7 Å². The van der Waals surface area contributed by atoms with Gasteiger partial charge in [0.15, 0.2) is 5.65 Å². The van der Waals surface area contributed by atoms with E-state index in [1.807, 2.05) is 38.1 Å². The van der Waals surface area contributed by atoms with Crippen LogP contribution < -0.4 is 10.6 Å². The third-order valence-electron chi connectivity index (χ3n) is 8.02. The zero-order chi connectivity index (χ0) is 31.1. The van der Waals surface area contributed by atoms with E-state index in [1.54, 1.807) is 17.4 Å². The standard InChI is InChI=1S/C30H39BrN8O3S/c1-7-43(41,42)38-14-11-21(17-38)33-27-23(31)16-32-30-28(27)35-29(36-30)22-15-18(2)39(20(22)4)25-10-8-9-24(19(25)3)34-26(40)12-13-37(5)6/h8-10,15-16,21H,7,11-14,17H2,1-6H3,(H,34,40)(H2,32,33,35,36)/t21-/m0/s1. The van der Waals surface area contributed by atoms with Crippen LogP contribution in [0.5, 0.6) is 0 Å². The van der Waals surface area contributed by atoms with Crippen LogP contribution in [-0.2, 0) is 14.8 Å². The maximum Gasteiger partial charge on any atom is 0.225 e. The minimum Gasteiger partial charge on any atom is -0.378 e. The van der Waals surface area contributed by atoms with Gasteiger partial charge in [-0.05, 0) is 87.9 Å². The molecule has 1 aliphatic heterocycles. The largest absolute Gasteiger partial charge is 0.378 e. The van der Waals surface area contributed by atoms with E-state index in [0.717, 1.165) is 49.6 Å². The van der Waals surface area contributed by atoms with Crippen LogP contribution in [0.15, 0.2) is 34.9 Å². The van der Waals surface area contributed by atoms with Gasteiger partial charge in [-0.2, -0.15) is 4.31 Å². The lowest BCUT2D eigenvalue weighted by Crippen LogP contribution is -2.32. The number of nitrogens with zero attached hydrogens (tertiary/aromatic N) is 5. The Morgan fingerprint density at radius 3 is 2.72 bits per heavy atom. The first-order valence-corrected chi connectivity index (χ1v) is 16.8. The number of carbonyl (C=O) groups is 1. The Hall–Kier alpha value is -3.26. The summed E-state index contributed by atoms with van der Waals surface area (Å²) >= 11 is 3.63. The zero-order valence-electron chi connectivity index (χ0n) is 25.5. The number of carbonyl (C=O) groups excluding carboxylic acids is 1. The number of aryl methyl sites for hydroxylation is 1. The van der Waals surface area contributed by atoms with Gasteiger partial charge >= 0.3 is 0 Å². The average Bonchev–Trinajstić information content (AvgIpc) is 3.68. The first kappa shape index (κ1) is 31.2. The van der Waals surface area contributed by atoms with E-state index >= 15 is 0 Å². The molecule has 1 amide bonds. The summed E-state index contributed by atoms with van der Waals surface area (Å²) in [5, 5.41) is 6.61. The summed E-state index contributed by atoms with van der Waals surface area (Å²) in [6.45, 7) is 9.41. The highest BCUT2D eigenvalue weighted by atomic mass is 79.9. The summed E-state index contributed by atoms with van der Waals surface area (Å²) in [4.78, 5) is 27.4. The number of halogens is 1. The molecule has 0 saturated carbocycles. The maximum atomic E-state index is 12.6. The second kappa shape index (κ2) is 12.4. The summed E-state index contributed by atoms with van der Waals surface area (Å²) in [6.07, 6.45) is 2.86. The highest BCUT2D eigenvalue weighted by Crippen LogP contribution is 2.35. The molecule has 4 aromatic rings. The van der Waals surface area contributed by atoms with Crippen molar-refractivity contribution in [3.8, 4) is 17.1 Å². The number of nitrogens with one attached hydrogen (secondary N) is 3. The molecule has 1 fully saturated rings. The Kier molecular flexibility index (Phi) is 8.98. The number of anilines is 2. The van der Waals surface area contributed by atoms with Crippen LogP contribution in [0.3, 0.4) is 0 Å². The summed E-state index contributed by atoms with van der Waals surface area (Å²) < 4.78 is 29.3. The van der Waals surface area contributed by atoms with Crippen molar-refractivity contribution in [2.45, 2.75) is 46.6 Å². The van der Waals surface area contributed by atoms with Gasteiger partial charge in [0, 0.05) is 60.9 Å². The summed E-state index contributed by atoms with van der Waals surface area (Å²) in [7, 11) is 0.673. The highest BCUT2D eigenvalue weighted by molar-refractivity contribution is 9.10. The van der Waals surface area contributed by atoms with E-state index in [1.165, 1.54) is 0 Å². The van der Waals surface area contributed by atoms with E-state index in [0.29, 0.717) is 43.9 Å². The molecule has 0 unspecified atom stereocenters. The van der Waals surface area contributed by atoms with Gasteiger partial charge in [-0.15, -0.1) is 0 Å². The number of sulfonamides is 1. The number of fused-ring (bicyclic) bond motifs is 1. The van der Waals surface area contributed by atoms with Crippen LogP contribution in [0.4, 0.5) is 11.4 Å². The van der Waals surface area contributed by atoms with Crippen LogP contribution in [0.1, 0.15) is 36.7 Å². The fourth-order valence-corrected chi connectivity index (χ4v) is 7.17. The molecule has 0 radical (unpaired) electrons. The minimum absolute atomic E-state index is 0.0155. The molecular formula is C30H39BrN8O3S. The van der Waals surface area contributed by atoms with Crippen LogP contribution in [0, 0.1) is 20.8 Å². The fourth-order valence-electron chi connectivity index (χ4n) is 5.60. The number of aromatic nitrogens is 4. The summed E-state index contributed by atoms with van der Waals surface area (Å²) in [6, 6.07) is 8.01. The van der Waals surface area contributed by atoms with Crippen LogP contribution >= 0.6 is 15.9 Å².